The second-order valence-electron chi connectivity index (χ2n) is 5.08. The van der Waals surface area contributed by atoms with Crippen LogP contribution in [-0.2, 0) is 20.6 Å². The van der Waals surface area contributed by atoms with E-state index in [-0.39, 0.29) is 23.0 Å². The fourth-order valence-corrected chi connectivity index (χ4v) is 3.01. The van der Waals surface area contributed by atoms with Gasteiger partial charge < -0.3 is 4.57 Å². The number of nitrogens with zero attached hydrogens (tertiary/aromatic N) is 4. The van der Waals surface area contributed by atoms with Gasteiger partial charge in [0.15, 0.2) is 11.2 Å². The first-order valence-corrected chi connectivity index (χ1v) is 7.70. The fraction of sp³-hybridized carbons (Fsp3) is 0.214. The minimum Gasteiger partial charge on any atom is -0.312 e. The molecule has 0 atom stereocenters. The van der Waals surface area contributed by atoms with Crippen molar-refractivity contribution in [1.29, 1.82) is 0 Å². The molecule has 0 bridgehead atoms. The Morgan fingerprint density at radius 2 is 1.78 bits per heavy atom. The third-order valence-electron chi connectivity index (χ3n) is 3.65. The van der Waals surface area contributed by atoms with E-state index in [4.69, 9.17) is 34.8 Å². The quantitative estimate of drug-likeness (QED) is 0.648. The number of hydrogen-bond donors (Lipinski definition) is 0. The Balaban J connectivity index is 2.28. The van der Waals surface area contributed by atoms with E-state index in [0.29, 0.717) is 15.6 Å². The smallest absolute Gasteiger partial charge is 0.312 e. The summed E-state index contributed by atoms with van der Waals surface area (Å²) in [6.07, 6.45) is 0. The van der Waals surface area contributed by atoms with Gasteiger partial charge in [-0.25, -0.2) is 4.79 Å². The maximum Gasteiger partial charge on any atom is 0.332 e. The molecule has 120 valence electrons. The summed E-state index contributed by atoms with van der Waals surface area (Å²) in [6.45, 7) is 0.0280. The number of benzene rings is 1. The van der Waals surface area contributed by atoms with Gasteiger partial charge in [-0.05, 0) is 29.3 Å². The number of aryl methyl sites for hydroxylation is 2. The first kappa shape index (κ1) is 16.1. The normalized spacial score (nSPS) is 11.3. The van der Waals surface area contributed by atoms with Gasteiger partial charge in [-0.2, -0.15) is 4.98 Å². The molecular formula is C14H11Cl3N4O2. The van der Waals surface area contributed by atoms with E-state index in [2.05, 4.69) is 4.98 Å². The second kappa shape index (κ2) is 5.70. The van der Waals surface area contributed by atoms with Crippen molar-refractivity contribution in [2.24, 2.45) is 14.1 Å². The van der Waals surface area contributed by atoms with Crippen LogP contribution in [0, 0.1) is 0 Å². The molecule has 2 heterocycles. The van der Waals surface area contributed by atoms with Crippen molar-refractivity contribution in [1.82, 2.24) is 18.7 Å². The molecule has 6 nitrogen and oxygen atoms in total. The van der Waals surface area contributed by atoms with Gasteiger partial charge in [-0.1, -0.05) is 29.3 Å². The zero-order valence-corrected chi connectivity index (χ0v) is 14.4. The summed E-state index contributed by atoms with van der Waals surface area (Å²) in [5, 5.41) is 0.997. The molecule has 0 amide bonds. The summed E-state index contributed by atoms with van der Waals surface area (Å²) in [5.41, 5.74) is 0.135. The Morgan fingerprint density at radius 3 is 2.43 bits per heavy atom. The maximum atomic E-state index is 12.7. The summed E-state index contributed by atoms with van der Waals surface area (Å²) < 4.78 is 3.82. The van der Waals surface area contributed by atoms with Crippen molar-refractivity contribution in [2.45, 2.75) is 6.54 Å². The van der Waals surface area contributed by atoms with Gasteiger partial charge in [0.25, 0.3) is 5.56 Å². The van der Waals surface area contributed by atoms with Crippen LogP contribution in [0.4, 0.5) is 0 Å². The van der Waals surface area contributed by atoms with Gasteiger partial charge in [0.05, 0.1) is 6.54 Å². The molecular weight excluding hydrogens is 363 g/mol. The maximum absolute atomic E-state index is 12.7. The second-order valence-corrected chi connectivity index (χ2v) is 6.26. The van der Waals surface area contributed by atoms with Crippen LogP contribution in [0.5, 0.6) is 0 Å². The molecule has 3 aromatic rings. The third kappa shape index (κ3) is 2.56. The van der Waals surface area contributed by atoms with Gasteiger partial charge in [0.1, 0.15) is 0 Å². The Hall–Kier alpha value is -1.76. The lowest BCUT2D eigenvalue weighted by Gasteiger charge is -2.10. The van der Waals surface area contributed by atoms with Crippen LogP contribution in [0.1, 0.15) is 5.56 Å². The zero-order valence-electron chi connectivity index (χ0n) is 12.2. The lowest BCUT2D eigenvalue weighted by atomic mass is 10.2. The van der Waals surface area contributed by atoms with Crippen LogP contribution >= 0.6 is 34.8 Å². The molecule has 0 aliphatic rings. The minimum atomic E-state index is -0.497. The monoisotopic (exact) mass is 372 g/mol. The molecule has 9 heteroatoms. The van der Waals surface area contributed by atoms with Crippen molar-refractivity contribution in [2.75, 3.05) is 0 Å². The zero-order chi connectivity index (χ0) is 16.9. The first-order chi connectivity index (χ1) is 10.8. The summed E-state index contributed by atoms with van der Waals surface area (Å²) >= 11 is 18.0. The fourth-order valence-electron chi connectivity index (χ4n) is 2.38. The molecule has 0 saturated carbocycles. The summed E-state index contributed by atoms with van der Waals surface area (Å²) in [7, 11) is 3.15. The molecule has 0 N–H and O–H groups in total. The van der Waals surface area contributed by atoms with Crippen LogP contribution in [0.25, 0.3) is 11.2 Å². The molecule has 0 fully saturated rings. The SMILES string of the molecule is Cn1c(Cl)nc2c1c(=O)n(Cc1ccc(Cl)cc1Cl)c(=O)n2C. The van der Waals surface area contributed by atoms with E-state index in [1.165, 1.54) is 16.2 Å². The van der Waals surface area contributed by atoms with Gasteiger partial charge in [-0.15, -0.1) is 0 Å². The molecule has 0 unspecified atom stereocenters. The molecule has 2 aromatic heterocycles. The topological polar surface area (TPSA) is 61.8 Å². The van der Waals surface area contributed by atoms with E-state index in [9.17, 15) is 9.59 Å². The summed E-state index contributed by atoms with van der Waals surface area (Å²) in [4.78, 5) is 29.2. The first-order valence-electron chi connectivity index (χ1n) is 6.57. The van der Waals surface area contributed by atoms with Gasteiger partial charge in [0, 0.05) is 24.1 Å². The van der Waals surface area contributed by atoms with Crippen molar-refractivity contribution >= 4 is 46.0 Å². The van der Waals surface area contributed by atoms with E-state index in [1.807, 2.05) is 0 Å². The molecule has 0 aliphatic heterocycles. The summed E-state index contributed by atoms with van der Waals surface area (Å²) in [5.74, 6) is 0. The minimum absolute atomic E-state index is 0.0280. The number of fused-ring (bicyclic) bond motifs is 1. The Labute approximate surface area is 145 Å². The lowest BCUT2D eigenvalue weighted by molar-refractivity contribution is 0.655. The highest BCUT2D eigenvalue weighted by atomic mass is 35.5. The number of rotatable bonds is 2. The molecule has 0 spiro atoms. The Morgan fingerprint density at radius 1 is 1.09 bits per heavy atom. The average molecular weight is 374 g/mol. The third-order valence-corrected chi connectivity index (χ3v) is 4.57. The van der Waals surface area contributed by atoms with Crippen LogP contribution in [0.2, 0.25) is 15.3 Å². The lowest BCUT2D eigenvalue weighted by Crippen LogP contribution is -2.39. The predicted molar refractivity (Wildman–Crippen MR) is 90.8 cm³/mol. The largest absolute Gasteiger partial charge is 0.332 e. The van der Waals surface area contributed by atoms with Crippen molar-refractivity contribution in [3.05, 3.63) is 59.9 Å². The predicted octanol–water partition coefficient (Wildman–Crippen LogP) is 2.44. The highest BCUT2D eigenvalue weighted by Gasteiger charge is 2.18. The van der Waals surface area contributed by atoms with Gasteiger partial charge >= 0.3 is 5.69 Å². The van der Waals surface area contributed by atoms with Crippen molar-refractivity contribution < 1.29 is 0 Å². The number of hydrogen-bond acceptors (Lipinski definition) is 3. The molecule has 0 aliphatic carbocycles. The molecule has 3 rings (SSSR count). The van der Waals surface area contributed by atoms with Crippen LogP contribution in [0.15, 0.2) is 27.8 Å². The number of imidazole rings is 1. The Kier molecular flexibility index (Phi) is 4.00. The highest BCUT2D eigenvalue weighted by molar-refractivity contribution is 6.35. The van der Waals surface area contributed by atoms with Crippen molar-refractivity contribution in [3.63, 3.8) is 0 Å². The average Bonchev–Trinajstić information content (AvgIpc) is 2.79. The molecule has 1 aromatic carbocycles. The summed E-state index contributed by atoms with van der Waals surface area (Å²) in [6, 6.07) is 4.89. The molecule has 23 heavy (non-hydrogen) atoms. The highest BCUT2D eigenvalue weighted by Crippen LogP contribution is 2.21. The Bertz CT molecular complexity index is 1050. The standard InChI is InChI=1S/C14H11Cl3N4O2/c1-19-10-11(18-13(19)17)20(2)14(23)21(12(10)22)6-7-3-4-8(15)5-9(7)16/h3-5H,6H2,1-2H3. The van der Waals surface area contributed by atoms with Crippen molar-refractivity contribution in [3.8, 4) is 0 Å². The number of aromatic nitrogens is 4. The van der Waals surface area contributed by atoms with E-state index >= 15 is 0 Å². The van der Waals surface area contributed by atoms with Crippen LogP contribution in [-0.4, -0.2) is 18.7 Å². The van der Waals surface area contributed by atoms with E-state index < -0.39 is 11.2 Å². The molecule has 0 saturated heterocycles. The van der Waals surface area contributed by atoms with Gasteiger partial charge in [-0.3, -0.25) is 13.9 Å². The van der Waals surface area contributed by atoms with E-state index in [1.54, 1.807) is 25.2 Å². The van der Waals surface area contributed by atoms with Crippen LogP contribution in [0.3, 0.4) is 0 Å². The van der Waals surface area contributed by atoms with E-state index in [0.717, 1.165) is 4.57 Å². The van der Waals surface area contributed by atoms with Gasteiger partial charge in [0.2, 0.25) is 5.28 Å². The van der Waals surface area contributed by atoms with Crippen LogP contribution < -0.4 is 11.2 Å². The number of halogens is 3. The molecule has 0 radical (unpaired) electrons.